The van der Waals surface area contributed by atoms with Gasteiger partial charge in [0.2, 0.25) is 0 Å². The first-order chi connectivity index (χ1) is 5.74. The fourth-order valence-corrected chi connectivity index (χ4v) is 1.02. The second-order valence-electron chi connectivity index (χ2n) is 2.94. The van der Waals surface area contributed by atoms with E-state index in [1.165, 1.54) is 5.69 Å². The Bertz CT molecular complexity index is 254. The third kappa shape index (κ3) is 3.59. The number of halogens is 1. The average Bonchev–Trinajstić information content (AvgIpc) is 2.06. The molecule has 2 nitrogen and oxygen atoms in total. The second-order valence-corrected chi connectivity index (χ2v) is 2.94. The highest BCUT2D eigenvalue weighted by atomic mass is 79.9. The summed E-state index contributed by atoms with van der Waals surface area (Å²) in [5.41, 5.74) is 1.22. The molecule has 0 saturated heterocycles. The van der Waals surface area contributed by atoms with Crippen LogP contribution in [0.15, 0.2) is 37.2 Å². The van der Waals surface area contributed by atoms with Crippen molar-refractivity contribution in [1.82, 2.24) is 0 Å². The van der Waals surface area contributed by atoms with Gasteiger partial charge in [0, 0.05) is 31.9 Å². The minimum atomic E-state index is 0. The van der Waals surface area contributed by atoms with E-state index >= 15 is 0 Å². The second kappa shape index (κ2) is 5.75. The number of nitrogens with zero attached hydrogens (tertiary/aromatic N) is 2. The van der Waals surface area contributed by atoms with Gasteiger partial charge in [0.05, 0.1) is 0 Å². The van der Waals surface area contributed by atoms with Crippen molar-refractivity contribution in [3.8, 4) is 0 Å². The lowest BCUT2D eigenvalue weighted by molar-refractivity contribution is -0.686. The smallest absolute Gasteiger partial charge is 0.171 e. The third-order valence-corrected chi connectivity index (χ3v) is 1.73. The molecule has 0 N–H and O–H groups in total. The van der Waals surface area contributed by atoms with E-state index in [-0.39, 0.29) is 17.0 Å². The van der Waals surface area contributed by atoms with Crippen LogP contribution in [0.25, 0.3) is 0 Å². The highest BCUT2D eigenvalue weighted by molar-refractivity contribution is 5.41. The molecule has 0 aliphatic heterocycles. The highest BCUT2D eigenvalue weighted by Crippen LogP contribution is 2.05. The Morgan fingerprint density at radius 1 is 1.38 bits per heavy atom. The Labute approximate surface area is 90.3 Å². The zero-order valence-corrected chi connectivity index (χ0v) is 9.66. The van der Waals surface area contributed by atoms with Gasteiger partial charge in [-0.05, 0) is 6.08 Å². The predicted molar refractivity (Wildman–Crippen MR) is 51.2 cm³/mol. The molecule has 0 aromatic carbocycles. The Balaban J connectivity index is 0.00000144. The summed E-state index contributed by atoms with van der Waals surface area (Å²) >= 11 is 0. The molecule has 1 aromatic rings. The fourth-order valence-electron chi connectivity index (χ4n) is 1.02. The van der Waals surface area contributed by atoms with Crippen molar-refractivity contribution < 1.29 is 21.5 Å². The molecular formula is C10H15BrN2. The zero-order valence-electron chi connectivity index (χ0n) is 8.07. The minimum Gasteiger partial charge on any atom is -1.00 e. The normalized spacial score (nSPS) is 8.77. The maximum Gasteiger partial charge on any atom is 0.171 e. The summed E-state index contributed by atoms with van der Waals surface area (Å²) in [6.45, 7) is 4.55. The van der Waals surface area contributed by atoms with Crippen LogP contribution in [-0.2, 0) is 6.54 Å². The molecule has 0 aliphatic carbocycles. The summed E-state index contributed by atoms with van der Waals surface area (Å²) < 4.78 is 2.08. The van der Waals surface area contributed by atoms with Gasteiger partial charge in [0.25, 0.3) is 0 Å². The molecule has 0 aliphatic rings. The predicted octanol–water partition coefficient (Wildman–Crippen LogP) is -1.77. The van der Waals surface area contributed by atoms with Crippen LogP contribution in [-0.4, -0.2) is 14.1 Å². The Morgan fingerprint density at radius 3 is 2.31 bits per heavy atom. The van der Waals surface area contributed by atoms with E-state index in [0.29, 0.717) is 0 Å². The molecule has 0 atom stereocenters. The molecule has 0 saturated carbocycles. The summed E-state index contributed by atoms with van der Waals surface area (Å²) in [6.07, 6.45) is 5.99. The number of hydrogen-bond donors (Lipinski definition) is 0. The molecule has 0 bridgehead atoms. The molecule has 1 aromatic heterocycles. The summed E-state index contributed by atoms with van der Waals surface area (Å²) in [4.78, 5) is 2.08. The first-order valence-corrected chi connectivity index (χ1v) is 4.01. The SMILES string of the molecule is C=CC[n+]1ccc(N(C)C)cc1.[Br-]. The lowest BCUT2D eigenvalue weighted by Crippen LogP contribution is -3.00. The van der Waals surface area contributed by atoms with Crippen molar-refractivity contribution in [2.24, 2.45) is 0 Å². The lowest BCUT2D eigenvalue weighted by atomic mass is 10.4. The zero-order chi connectivity index (χ0) is 8.97. The van der Waals surface area contributed by atoms with Crippen LogP contribution in [0.2, 0.25) is 0 Å². The average molecular weight is 243 g/mol. The van der Waals surface area contributed by atoms with Crippen LogP contribution in [0.4, 0.5) is 5.69 Å². The maximum absolute atomic E-state index is 3.68. The monoisotopic (exact) mass is 242 g/mol. The van der Waals surface area contributed by atoms with E-state index in [9.17, 15) is 0 Å². The van der Waals surface area contributed by atoms with Crippen LogP contribution in [0, 0.1) is 0 Å². The van der Waals surface area contributed by atoms with Crippen molar-refractivity contribution >= 4 is 5.69 Å². The Hall–Kier alpha value is -0.830. The number of hydrogen-bond acceptors (Lipinski definition) is 1. The van der Waals surface area contributed by atoms with Gasteiger partial charge in [-0.3, -0.25) is 0 Å². The van der Waals surface area contributed by atoms with Crippen molar-refractivity contribution in [3.63, 3.8) is 0 Å². The van der Waals surface area contributed by atoms with E-state index in [4.69, 9.17) is 0 Å². The van der Waals surface area contributed by atoms with Crippen LogP contribution in [0.1, 0.15) is 0 Å². The van der Waals surface area contributed by atoms with Gasteiger partial charge < -0.3 is 21.9 Å². The summed E-state index contributed by atoms with van der Waals surface area (Å²) in [7, 11) is 4.07. The van der Waals surface area contributed by atoms with Crippen molar-refractivity contribution in [2.45, 2.75) is 6.54 Å². The van der Waals surface area contributed by atoms with Crippen molar-refractivity contribution in [1.29, 1.82) is 0 Å². The number of pyridine rings is 1. The molecular weight excluding hydrogens is 228 g/mol. The topological polar surface area (TPSA) is 7.12 Å². The first-order valence-electron chi connectivity index (χ1n) is 4.01. The molecule has 0 radical (unpaired) electrons. The minimum absolute atomic E-state index is 0. The van der Waals surface area contributed by atoms with Crippen LogP contribution >= 0.6 is 0 Å². The largest absolute Gasteiger partial charge is 1.00 e. The molecule has 1 heterocycles. The van der Waals surface area contributed by atoms with Crippen LogP contribution in [0.5, 0.6) is 0 Å². The lowest BCUT2D eigenvalue weighted by Gasteiger charge is -2.09. The van der Waals surface area contributed by atoms with E-state index in [2.05, 4.69) is 40.6 Å². The van der Waals surface area contributed by atoms with Gasteiger partial charge in [0.15, 0.2) is 18.9 Å². The standard InChI is InChI=1S/C10H15N2.BrH/c1-4-7-12-8-5-10(6-9-12)11(2)3;/h4-6,8-9H,1,7H2,2-3H3;1H/q+1;/p-1. The van der Waals surface area contributed by atoms with Gasteiger partial charge in [-0.2, -0.15) is 0 Å². The van der Waals surface area contributed by atoms with Gasteiger partial charge >= 0.3 is 0 Å². The Kier molecular flexibility index (Phi) is 5.39. The number of rotatable bonds is 3. The molecule has 0 fully saturated rings. The Morgan fingerprint density at radius 2 is 1.92 bits per heavy atom. The maximum atomic E-state index is 3.68. The molecule has 13 heavy (non-hydrogen) atoms. The van der Waals surface area contributed by atoms with E-state index in [0.717, 1.165) is 6.54 Å². The number of aromatic nitrogens is 1. The van der Waals surface area contributed by atoms with E-state index in [1.807, 2.05) is 20.2 Å². The fraction of sp³-hybridized carbons (Fsp3) is 0.300. The highest BCUT2D eigenvalue weighted by Gasteiger charge is 1.98. The van der Waals surface area contributed by atoms with Crippen LogP contribution in [0.3, 0.4) is 0 Å². The van der Waals surface area contributed by atoms with Crippen molar-refractivity contribution in [2.75, 3.05) is 19.0 Å². The molecule has 72 valence electrons. The van der Waals surface area contributed by atoms with Crippen LogP contribution < -0.4 is 26.4 Å². The quantitative estimate of drug-likeness (QED) is 0.450. The first kappa shape index (κ1) is 12.2. The van der Waals surface area contributed by atoms with Gasteiger partial charge in [-0.1, -0.05) is 6.58 Å². The number of anilines is 1. The molecule has 0 spiro atoms. The molecule has 3 heteroatoms. The van der Waals surface area contributed by atoms with Gasteiger partial charge in [-0.15, -0.1) is 0 Å². The molecule has 0 unspecified atom stereocenters. The molecule has 1 rings (SSSR count). The van der Waals surface area contributed by atoms with E-state index < -0.39 is 0 Å². The van der Waals surface area contributed by atoms with E-state index in [1.54, 1.807) is 0 Å². The third-order valence-electron chi connectivity index (χ3n) is 1.73. The summed E-state index contributed by atoms with van der Waals surface area (Å²) in [5, 5.41) is 0. The van der Waals surface area contributed by atoms with Gasteiger partial charge in [0.1, 0.15) is 0 Å². The van der Waals surface area contributed by atoms with Crippen molar-refractivity contribution in [3.05, 3.63) is 37.2 Å². The molecule has 0 amide bonds. The van der Waals surface area contributed by atoms with Gasteiger partial charge in [-0.25, -0.2) is 4.57 Å². The summed E-state index contributed by atoms with van der Waals surface area (Å²) in [6, 6.07) is 4.17. The number of allylic oxidation sites excluding steroid dienone is 1. The summed E-state index contributed by atoms with van der Waals surface area (Å²) in [5.74, 6) is 0.